The molecular weight excluding hydrogens is 129 g/mol. The minimum absolute atomic E-state index is 0. The number of hydroxylamine groups is 2. The van der Waals surface area contributed by atoms with Crippen LogP contribution >= 0.6 is 0 Å². The topological polar surface area (TPSA) is 29.5 Å². The Kier molecular flexibility index (Phi) is 5.48. The Morgan fingerprint density at radius 1 is 1.33 bits per heavy atom. The summed E-state index contributed by atoms with van der Waals surface area (Å²) in [5.74, 6) is 0. The molecular formula is C5H10NNaO2. The molecule has 1 aliphatic rings. The fourth-order valence-corrected chi connectivity index (χ4v) is 0.854. The van der Waals surface area contributed by atoms with Gasteiger partial charge in [0, 0.05) is 13.1 Å². The van der Waals surface area contributed by atoms with Gasteiger partial charge in [0.15, 0.2) is 0 Å². The van der Waals surface area contributed by atoms with Gasteiger partial charge >= 0.3 is 36.0 Å². The van der Waals surface area contributed by atoms with E-state index in [2.05, 4.69) is 4.84 Å². The van der Waals surface area contributed by atoms with Crippen LogP contribution in [0.4, 0.5) is 0 Å². The summed E-state index contributed by atoms with van der Waals surface area (Å²) in [4.78, 5) is 14.3. The van der Waals surface area contributed by atoms with E-state index in [1.165, 1.54) is 0 Å². The van der Waals surface area contributed by atoms with Gasteiger partial charge in [0.25, 0.3) is 0 Å². The molecule has 1 saturated heterocycles. The summed E-state index contributed by atoms with van der Waals surface area (Å²) < 4.78 is 0. The first-order valence-electron chi connectivity index (χ1n) is 2.79. The maximum absolute atomic E-state index is 9.70. The molecule has 0 N–H and O–H groups in total. The van der Waals surface area contributed by atoms with Gasteiger partial charge in [-0.05, 0) is 12.8 Å². The van der Waals surface area contributed by atoms with Crippen LogP contribution in [-0.2, 0) is 9.63 Å². The van der Waals surface area contributed by atoms with Crippen LogP contribution in [-0.4, -0.2) is 54.2 Å². The molecule has 1 aliphatic heterocycles. The van der Waals surface area contributed by atoms with Crippen LogP contribution in [0.5, 0.6) is 0 Å². The van der Waals surface area contributed by atoms with Crippen molar-refractivity contribution in [1.29, 1.82) is 0 Å². The second kappa shape index (κ2) is 5.23. The van der Waals surface area contributed by atoms with E-state index >= 15 is 0 Å². The van der Waals surface area contributed by atoms with Gasteiger partial charge in [0.05, 0.1) is 0 Å². The van der Waals surface area contributed by atoms with Crippen LogP contribution in [0.1, 0.15) is 12.8 Å². The number of hydrogen-bond donors (Lipinski definition) is 0. The van der Waals surface area contributed by atoms with Crippen molar-refractivity contribution in [3.63, 3.8) is 0 Å². The van der Waals surface area contributed by atoms with Crippen LogP contribution in [0.25, 0.3) is 0 Å². The Morgan fingerprint density at radius 3 is 2.33 bits per heavy atom. The molecule has 0 amide bonds. The molecule has 3 nitrogen and oxygen atoms in total. The molecule has 0 radical (unpaired) electrons. The summed E-state index contributed by atoms with van der Waals surface area (Å²) >= 11 is 0. The van der Waals surface area contributed by atoms with Gasteiger partial charge in [0.1, 0.15) is 0 Å². The maximum atomic E-state index is 9.70. The Hall–Kier alpha value is 0.430. The van der Waals surface area contributed by atoms with Gasteiger partial charge in [-0.15, -0.1) is 5.06 Å². The fraction of sp³-hybridized carbons (Fsp3) is 0.800. The zero-order valence-corrected chi connectivity index (χ0v) is 4.67. The SMILES string of the molecule is O=CON1CCCC1.[NaH]. The quantitative estimate of drug-likeness (QED) is 0.382. The summed E-state index contributed by atoms with van der Waals surface area (Å²) in [5, 5.41) is 1.67. The number of carbonyl (C=O) groups excluding carboxylic acids is 1. The summed E-state index contributed by atoms with van der Waals surface area (Å²) in [6.45, 7) is 2.28. The van der Waals surface area contributed by atoms with E-state index in [0.29, 0.717) is 6.47 Å². The van der Waals surface area contributed by atoms with Crippen LogP contribution in [0.3, 0.4) is 0 Å². The van der Waals surface area contributed by atoms with Crippen LogP contribution in [0.15, 0.2) is 0 Å². The zero-order chi connectivity index (χ0) is 5.82. The standard InChI is InChI=1S/C5H9NO2.Na.H/c7-5-8-6-3-1-2-4-6;;/h5H,1-4H2;;. The van der Waals surface area contributed by atoms with E-state index in [9.17, 15) is 4.79 Å². The molecule has 0 unspecified atom stereocenters. The van der Waals surface area contributed by atoms with E-state index in [0.717, 1.165) is 25.9 Å². The second-order valence-corrected chi connectivity index (χ2v) is 1.84. The average Bonchev–Trinajstić information content (AvgIpc) is 2.19. The predicted molar refractivity (Wildman–Crippen MR) is 35.1 cm³/mol. The Morgan fingerprint density at radius 2 is 1.89 bits per heavy atom. The predicted octanol–water partition coefficient (Wildman–Crippen LogP) is -0.478. The van der Waals surface area contributed by atoms with E-state index in [1.54, 1.807) is 5.06 Å². The molecule has 1 fully saturated rings. The van der Waals surface area contributed by atoms with Crippen molar-refractivity contribution in [3.8, 4) is 0 Å². The summed E-state index contributed by atoms with van der Waals surface area (Å²) in [5.41, 5.74) is 0. The monoisotopic (exact) mass is 139 g/mol. The normalized spacial score (nSPS) is 18.7. The van der Waals surface area contributed by atoms with Crippen LogP contribution < -0.4 is 0 Å². The zero-order valence-electron chi connectivity index (χ0n) is 4.67. The Bertz CT molecular complexity index is 83.0. The molecule has 4 heteroatoms. The Labute approximate surface area is 76.6 Å². The van der Waals surface area contributed by atoms with Crippen molar-refractivity contribution >= 4 is 36.0 Å². The number of carbonyl (C=O) groups is 1. The van der Waals surface area contributed by atoms with Crippen molar-refractivity contribution in [3.05, 3.63) is 0 Å². The molecule has 0 bridgehead atoms. The molecule has 0 atom stereocenters. The average molecular weight is 139 g/mol. The first-order chi connectivity index (χ1) is 3.93. The Balaban J connectivity index is 0.000000640. The van der Waals surface area contributed by atoms with Crippen LogP contribution in [0, 0.1) is 0 Å². The first-order valence-corrected chi connectivity index (χ1v) is 2.79. The molecule has 0 spiro atoms. The van der Waals surface area contributed by atoms with Crippen molar-refractivity contribution in [2.45, 2.75) is 12.8 Å². The molecule has 9 heavy (non-hydrogen) atoms. The molecule has 0 aliphatic carbocycles. The number of hydrogen-bond acceptors (Lipinski definition) is 3. The summed E-state index contributed by atoms with van der Waals surface area (Å²) in [6, 6.07) is 0. The van der Waals surface area contributed by atoms with Gasteiger partial charge in [0.2, 0.25) is 0 Å². The second-order valence-electron chi connectivity index (χ2n) is 1.84. The first kappa shape index (κ1) is 9.43. The van der Waals surface area contributed by atoms with Gasteiger partial charge in [-0.2, -0.15) is 0 Å². The number of nitrogens with zero attached hydrogens (tertiary/aromatic N) is 1. The molecule has 0 saturated carbocycles. The third-order valence-electron chi connectivity index (χ3n) is 1.26. The van der Waals surface area contributed by atoms with Crippen molar-refractivity contribution in [2.75, 3.05) is 13.1 Å². The summed E-state index contributed by atoms with van der Waals surface area (Å²) in [6.07, 6.45) is 2.29. The third-order valence-corrected chi connectivity index (χ3v) is 1.26. The van der Waals surface area contributed by atoms with Gasteiger partial charge in [-0.3, -0.25) is 4.79 Å². The van der Waals surface area contributed by atoms with Gasteiger partial charge in [-0.25, -0.2) is 0 Å². The molecule has 1 rings (SSSR count). The fourth-order valence-electron chi connectivity index (χ4n) is 0.854. The summed E-state index contributed by atoms with van der Waals surface area (Å²) in [7, 11) is 0. The van der Waals surface area contributed by atoms with Crippen LogP contribution in [0.2, 0.25) is 0 Å². The molecule has 0 aromatic heterocycles. The van der Waals surface area contributed by atoms with Crippen molar-refractivity contribution in [1.82, 2.24) is 5.06 Å². The van der Waals surface area contributed by atoms with Crippen molar-refractivity contribution in [2.24, 2.45) is 0 Å². The molecule has 48 valence electrons. The van der Waals surface area contributed by atoms with E-state index < -0.39 is 0 Å². The third kappa shape index (κ3) is 3.20. The molecule has 0 aromatic carbocycles. The molecule has 1 heterocycles. The van der Waals surface area contributed by atoms with Crippen molar-refractivity contribution < 1.29 is 9.63 Å². The number of rotatable bonds is 2. The van der Waals surface area contributed by atoms with E-state index in [-0.39, 0.29) is 29.6 Å². The minimum atomic E-state index is 0. The van der Waals surface area contributed by atoms with Gasteiger partial charge in [-0.1, -0.05) is 0 Å². The van der Waals surface area contributed by atoms with E-state index in [4.69, 9.17) is 0 Å². The van der Waals surface area contributed by atoms with Gasteiger partial charge < -0.3 is 4.84 Å². The van der Waals surface area contributed by atoms with E-state index in [1.807, 2.05) is 0 Å². The molecule has 0 aromatic rings.